The quantitative estimate of drug-likeness (QED) is 0.569. The van der Waals surface area contributed by atoms with Gasteiger partial charge in [0.2, 0.25) is 0 Å². The summed E-state index contributed by atoms with van der Waals surface area (Å²) in [5.41, 5.74) is 5.01. The molecule has 3 N–H and O–H groups in total. The van der Waals surface area contributed by atoms with Gasteiger partial charge in [0.15, 0.2) is 0 Å². The monoisotopic (exact) mass is 350 g/mol. The molecule has 1 aliphatic carbocycles. The van der Waals surface area contributed by atoms with E-state index in [1.807, 2.05) is 30.3 Å². The zero-order valence-electron chi connectivity index (χ0n) is 15.0. The molecule has 4 heteroatoms. The third-order valence-corrected chi connectivity index (χ3v) is 5.14. The van der Waals surface area contributed by atoms with Crippen LogP contribution in [-0.4, -0.2) is 29.8 Å². The highest BCUT2D eigenvalue weighted by molar-refractivity contribution is 5.86. The lowest BCUT2D eigenvalue weighted by atomic mass is 9.96. The Balaban J connectivity index is 1.27. The van der Waals surface area contributed by atoms with E-state index in [-0.39, 0.29) is 0 Å². The van der Waals surface area contributed by atoms with Crippen molar-refractivity contribution in [1.29, 1.82) is 0 Å². The number of hydrogen-bond donors (Lipinski definition) is 3. The number of ether oxygens (including phenoxy) is 1. The van der Waals surface area contributed by atoms with Crippen LogP contribution >= 0.6 is 0 Å². The van der Waals surface area contributed by atoms with Gasteiger partial charge < -0.3 is 20.1 Å². The van der Waals surface area contributed by atoms with Gasteiger partial charge in [-0.3, -0.25) is 0 Å². The van der Waals surface area contributed by atoms with Gasteiger partial charge in [-0.1, -0.05) is 30.3 Å². The van der Waals surface area contributed by atoms with Crippen LogP contribution in [0.2, 0.25) is 0 Å². The second-order valence-corrected chi connectivity index (χ2v) is 6.98. The smallest absolute Gasteiger partial charge is 0.121 e. The normalized spacial score (nSPS) is 15.0. The molecule has 0 unspecified atom stereocenters. The van der Waals surface area contributed by atoms with Gasteiger partial charge in [0, 0.05) is 35.8 Å². The van der Waals surface area contributed by atoms with Crippen molar-refractivity contribution in [3.05, 3.63) is 65.4 Å². The molecule has 3 aromatic rings. The van der Waals surface area contributed by atoms with E-state index >= 15 is 0 Å². The molecule has 0 saturated carbocycles. The van der Waals surface area contributed by atoms with Crippen LogP contribution in [0.4, 0.5) is 0 Å². The topological polar surface area (TPSA) is 57.3 Å². The van der Waals surface area contributed by atoms with Crippen LogP contribution in [0.1, 0.15) is 35.8 Å². The molecular weight excluding hydrogens is 324 g/mol. The first-order chi connectivity index (χ1) is 12.8. The van der Waals surface area contributed by atoms with E-state index in [1.54, 1.807) is 0 Å². The van der Waals surface area contributed by atoms with Crippen LogP contribution < -0.4 is 10.1 Å². The Labute approximate surface area is 154 Å². The minimum absolute atomic E-state index is 0.488. The number of aliphatic hydroxyl groups excluding tert-OH is 1. The number of benzene rings is 2. The molecule has 136 valence electrons. The Morgan fingerprint density at radius 1 is 1.08 bits per heavy atom. The average molecular weight is 350 g/mol. The largest absolute Gasteiger partial charge is 0.492 e. The molecule has 0 spiro atoms. The molecule has 1 aliphatic rings. The van der Waals surface area contributed by atoms with Crippen molar-refractivity contribution in [3.63, 3.8) is 0 Å². The van der Waals surface area contributed by atoms with Crippen molar-refractivity contribution < 1.29 is 9.84 Å². The summed E-state index contributed by atoms with van der Waals surface area (Å²) < 4.78 is 5.87. The third-order valence-electron chi connectivity index (χ3n) is 5.14. The van der Waals surface area contributed by atoms with E-state index in [0.29, 0.717) is 19.7 Å². The maximum atomic E-state index is 10.1. The van der Waals surface area contributed by atoms with E-state index < -0.39 is 6.10 Å². The maximum Gasteiger partial charge on any atom is 0.121 e. The summed E-state index contributed by atoms with van der Waals surface area (Å²) in [6.07, 6.45) is 4.43. The molecule has 26 heavy (non-hydrogen) atoms. The summed E-state index contributed by atoms with van der Waals surface area (Å²) in [7, 11) is 0. The fourth-order valence-electron chi connectivity index (χ4n) is 3.76. The molecule has 2 aromatic carbocycles. The number of H-pyrrole nitrogens is 1. The molecule has 1 heterocycles. The van der Waals surface area contributed by atoms with Crippen molar-refractivity contribution >= 4 is 10.9 Å². The first kappa shape index (κ1) is 17.1. The highest BCUT2D eigenvalue weighted by Gasteiger charge is 2.15. The highest BCUT2D eigenvalue weighted by atomic mass is 16.5. The Hall–Kier alpha value is -2.30. The van der Waals surface area contributed by atoms with E-state index in [0.717, 1.165) is 17.7 Å². The Morgan fingerprint density at radius 3 is 2.81 bits per heavy atom. The lowest BCUT2D eigenvalue weighted by Gasteiger charge is -2.12. The summed E-state index contributed by atoms with van der Waals surface area (Å²) in [5.74, 6) is 0.890. The number of aryl methyl sites for hydroxylation is 2. The van der Waals surface area contributed by atoms with Gasteiger partial charge in [0.25, 0.3) is 0 Å². The Bertz CT molecular complexity index is 857. The van der Waals surface area contributed by atoms with Gasteiger partial charge in [-0.15, -0.1) is 0 Å². The zero-order valence-corrected chi connectivity index (χ0v) is 15.0. The molecule has 0 bridgehead atoms. The SMILES string of the molecule is O[C@@H](CNCCOc1ccc2c3c([nH]c2c1)CCCC3)c1ccccc1. The van der Waals surface area contributed by atoms with Crippen LogP contribution in [0, 0.1) is 0 Å². The third kappa shape index (κ3) is 3.76. The summed E-state index contributed by atoms with van der Waals surface area (Å²) in [4.78, 5) is 3.56. The van der Waals surface area contributed by atoms with Crippen molar-refractivity contribution in [2.75, 3.05) is 19.7 Å². The maximum absolute atomic E-state index is 10.1. The first-order valence-corrected chi connectivity index (χ1v) is 9.51. The van der Waals surface area contributed by atoms with Gasteiger partial charge in [0.05, 0.1) is 6.10 Å². The zero-order chi connectivity index (χ0) is 17.8. The molecule has 0 radical (unpaired) electrons. The van der Waals surface area contributed by atoms with E-state index in [1.165, 1.54) is 41.4 Å². The molecule has 4 rings (SSSR count). The minimum atomic E-state index is -0.488. The predicted octanol–water partition coefficient (Wildman–Crippen LogP) is 3.75. The van der Waals surface area contributed by atoms with Gasteiger partial charge in [0.1, 0.15) is 12.4 Å². The molecule has 1 atom stereocenters. The van der Waals surface area contributed by atoms with E-state index in [9.17, 15) is 5.11 Å². The van der Waals surface area contributed by atoms with Crippen molar-refractivity contribution in [2.45, 2.75) is 31.8 Å². The summed E-state index contributed by atoms with van der Waals surface area (Å²) in [6.45, 7) is 1.80. The number of fused-ring (bicyclic) bond motifs is 3. The van der Waals surface area contributed by atoms with Gasteiger partial charge >= 0.3 is 0 Å². The van der Waals surface area contributed by atoms with Crippen molar-refractivity contribution in [3.8, 4) is 5.75 Å². The second-order valence-electron chi connectivity index (χ2n) is 6.98. The number of aromatic nitrogens is 1. The molecule has 0 aliphatic heterocycles. The van der Waals surface area contributed by atoms with Crippen LogP contribution in [0.25, 0.3) is 10.9 Å². The Kier molecular flexibility index (Phi) is 5.23. The number of rotatable bonds is 7. The van der Waals surface area contributed by atoms with Crippen molar-refractivity contribution in [1.82, 2.24) is 10.3 Å². The summed E-state index contributed by atoms with van der Waals surface area (Å²) in [5, 5.41) is 14.7. The lowest BCUT2D eigenvalue weighted by molar-refractivity contribution is 0.172. The molecule has 0 amide bonds. The van der Waals surface area contributed by atoms with Gasteiger partial charge in [-0.05, 0) is 48.9 Å². The number of aliphatic hydroxyl groups is 1. The standard InChI is InChI=1S/C22H26N2O2/c25-22(16-6-2-1-3-7-16)15-23-12-13-26-17-10-11-19-18-8-4-5-9-20(18)24-21(19)14-17/h1-3,6-7,10-11,14,22-25H,4-5,8-9,12-13,15H2/t22-/m0/s1. The first-order valence-electron chi connectivity index (χ1n) is 9.51. The van der Waals surface area contributed by atoms with Gasteiger partial charge in [-0.2, -0.15) is 0 Å². The van der Waals surface area contributed by atoms with E-state index in [2.05, 4.69) is 28.5 Å². The van der Waals surface area contributed by atoms with Gasteiger partial charge in [-0.25, -0.2) is 0 Å². The second kappa shape index (κ2) is 7.94. The number of hydrogen-bond acceptors (Lipinski definition) is 3. The molecular formula is C22H26N2O2. The fourth-order valence-corrected chi connectivity index (χ4v) is 3.76. The molecule has 0 fully saturated rings. The minimum Gasteiger partial charge on any atom is -0.492 e. The average Bonchev–Trinajstić information content (AvgIpc) is 3.06. The van der Waals surface area contributed by atoms with E-state index in [4.69, 9.17) is 4.74 Å². The summed E-state index contributed by atoms with van der Waals surface area (Å²) >= 11 is 0. The predicted molar refractivity (Wildman–Crippen MR) is 105 cm³/mol. The van der Waals surface area contributed by atoms with Crippen molar-refractivity contribution in [2.24, 2.45) is 0 Å². The fraction of sp³-hybridized carbons (Fsp3) is 0.364. The number of aromatic amines is 1. The molecule has 0 saturated heterocycles. The summed E-state index contributed by atoms with van der Waals surface area (Å²) in [6, 6.07) is 16.1. The van der Waals surface area contributed by atoms with Crippen LogP contribution in [0.5, 0.6) is 5.75 Å². The lowest BCUT2D eigenvalue weighted by Crippen LogP contribution is -2.26. The molecule has 4 nitrogen and oxygen atoms in total. The number of nitrogens with one attached hydrogen (secondary N) is 2. The molecule has 1 aromatic heterocycles. The van der Waals surface area contributed by atoms with Crippen LogP contribution in [0.3, 0.4) is 0 Å². The highest BCUT2D eigenvalue weighted by Crippen LogP contribution is 2.31. The Morgan fingerprint density at radius 2 is 1.92 bits per heavy atom. The van der Waals surface area contributed by atoms with Crippen LogP contribution in [-0.2, 0) is 12.8 Å². The van der Waals surface area contributed by atoms with Crippen LogP contribution in [0.15, 0.2) is 48.5 Å².